The normalized spacial score (nSPS) is 25.6. The summed E-state index contributed by atoms with van der Waals surface area (Å²) in [5.41, 5.74) is 0. The summed E-state index contributed by atoms with van der Waals surface area (Å²) in [6.07, 6.45) is 1.26. The molecule has 0 N–H and O–H groups in total. The van der Waals surface area contributed by atoms with Crippen LogP contribution in [0.15, 0.2) is 0 Å². The summed E-state index contributed by atoms with van der Waals surface area (Å²) in [5, 5.41) is 4.28. The third-order valence-electron chi connectivity index (χ3n) is 2.29. The van der Waals surface area contributed by atoms with E-state index < -0.39 is 0 Å². The van der Waals surface area contributed by atoms with Crippen LogP contribution in [0.3, 0.4) is 0 Å². The molecule has 0 bridgehead atoms. The predicted molar refractivity (Wildman–Crippen MR) is 44.4 cm³/mol. The van der Waals surface area contributed by atoms with Crippen molar-refractivity contribution in [1.29, 1.82) is 0 Å². The molecule has 0 aromatic rings. The van der Waals surface area contributed by atoms with Crippen LogP contribution in [-0.2, 0) is 0 Å². The monoisotopic (exact) mass is 226 g/mol. The van der Waals surface area contributed by atoms with Gasteiger partial charge in [0.25, 0.3) is 0 Å². The van der Waals surface area contributed by atoms with E-state index in [1.807, 2.05) is 7.05 Å². The zero-order chi connectivity index (χ0) is 7.56. The molecule has 0 spiro atoms. The molecule has 1 rings (SSSR count). The molecule has 3 heteroatoms. The van der Waals surface area contributed by atoms with Gasteiger partial charge in [-0.15, -0.1) is 6.04 Å². The molecule has 0 amide bonds. The topological polar surface area (TPSA) is 17.3 Å². The first-order valence-electron chi connectivity index (χ1n) is 4.07. The van der Waals surface area contributed by atoms with Gasteiger partial charge in [-0.05, 0) is 26.9 Å². The fourth-order valence-corrected chi connectivity index (χ4v) is 1.45. The molecule has 1 saturated heterocycles. The fraction of sp³-hybridized carbons (Fsp3) is 1.00. The van der Waals surface area contributed by atoms with Gasteiger partial charge in [-0.3, -0.25) is 0 Å². The van der Waals surface area contributed by atoms with Crippen LogP contribution in [0.2, 0.25) is 0 Å². The van der Waals surface area contributed by atoms with Gasteiger partial charge < -0.3 is 10.2 Å². The largest absolute Gasteiger partial charge is 1.00 e. The van der Waals surface area contributed by atoms with E-state index in [0.717, 1.165) is 0 Å². The van der Waals surface area contributed by atoms with E-state index in [0.29, 0.717) is 12.1 Å². The van der Waals surface area contributed by atoms with E-state index >= 15 is 0 Å². The first-order valence-corrected chi connectivity index (χ1v) is 4.07. The van der Waals surface area contributed by atoms with E-state index in [9.17, 15) is 0 Å². The molecule has 11 heavy (non-hydrogen) atoms. The maximum Gasteiger partial charge on any atom is 1.00 e. The minimum Gasteiger partial charge on any atom is -0.661 e. The van der Waals surface area contributed by atoms with Crippen molar-refractivity contribution >= 4 is 0 Å². The maximum atomic E-state index is 4.28. The second-order valence-electron chi connectivity index (χ2n) is 3.29. The third kappa shape index (κ3) is 3.96. The summed E-state index contributed by atoms with van der Waals surface area (Å²) in [4.78, 5) is 2.48. The number of rotatable bonds is 2. The van der Waals surface area contributed by atoms with Crippen molar-refractivity contribution < 1.29 is 58.2 Å². The molecule has 0 radical (unpaired) electrons. The van der Waals surface area contributed by atoms with Gasteiger partial charge in [-0.25, -0.2) is 0 Å². The van der Waals surface area contributed by atoms with Gasteiger partial charge in [0.1, 0.15) is 0 Å². The minimum absolute atomic E-state index is 0. The molecule has 1 fully saturated rings. The average molecular weight is 227 g/mol. The van der Waals surface area contributed by atoms with Crippen molar-refractivity contribution in [2.24, 2.45) is 0 Å². The van der Waals surface area contributed by atoms with Crippen LogP contribution in [0, 0.1) is 0 Å². The summed E-state index contributed by atoms with van der Waals surface area (Å²) in [5.74, 6) is 0. The molecule has 0 aromatic heterocycles. The number of likely N-dealkylation sites (N-methyl/N-ethyl adjacent to an activating group) is 1. The Hall–Kier alpha value is 1.73. The molecule has 60 valence electrons. The third-order valence-corrected chi connectivity index (χ3v) is 2.29. The molecular weight excluding hydrogens is 210 g/mol. The number of likely N-dealkylation sites (tertiary alicyclic amines) is 1. The van der Waals surface area contributed by atoms with Crippen molar-refractivity contribution in [2.45, 2.75) is 32.4 Å². The number of hydrogen-bond acceptors (Lipinski definition) is 1. The van der Waals surface area contributed by atoms with Crippen LogP contribution in [0.25, 0.3) is 5.32 Å². The molecule has 2 nitrogen and oxygen atoms in total. The van der Waals surface area contributed by atoms with Gasteiger partial charge in [0.15, 0.2) is 0 Å². The number of nitrogens with zero attached hydrogens (tertiary/aromatic N) is 2. The first kappa shape index (κ1) is 12.7. The predicted octanol–water partition coefficient (Wildman–Crippen LogP) is -1.52. The SMILES string of the molecule is C[N-]C1CCN(C(C)C)C1.[Rb+]. The Morgan fingerprint density at radius 1 is 1.45 bits per heavy atom. The van der Waals surface area contributed by atoms with Crippen LogP contribution < -0.4 is 58.2 Å². The Labute approximate surface area is 119 Å². The van der Waals surface area contributed by atoms with Crippen LogP contribution in [0.5, 0.6) is 0 Å². The van der Waals surface area contributed by atoms with Crippen molar-refractivity contribution in [3.63, 3.8) is 0 Å². The van der Waals surface area contributed by atoms with Crippen LogP contribution >= 0.6 is 0 Å². The van der Waals surface area contributed by atoms with Gasteiger partial charge in [-0.2, -0.15) is 7.05 Å². The van der Waals surface area contributed by atoms with Gasteiger partial charge >= 0.3 is 58.2 Å². The van der Waals surface area contributed by atoms with Crippen LogP contribution in [-0.4, -0.2) is 37.1 Å². The van der Waals surface area contributed by atoms with E-state index in [2.05, 4.69) is 24.1 Å². The summed E-state index contributed by atoms with van der Waals surface area (Å²) >= 11 is 0. The Bertz CT molecular complexity index is 106. The van der Waals surface area contributed by atoms with E-state index in [4.69, 9.17) is 0 Å². The van der Waals surface area contributed by atoms with E-state index in [1.165, 1.54) is 19.5 Å². The smallest absolute Gasteiger partial charge is 0.661 e. The van der Waals surface area contributed by atoms with Crippen molar-refractivity contribution in [3.8, 4) is 0 Å². The van der Waals surface area contributed by atoms with Crippen LogP contribution in [0.4, 0.5) is 0 Å². The summed E-state index contributed by atoms with van der Waals surface area (Å²) in [6, 6.07) is 1.31. The minimum atomic E-state index is 0. The second-order valence-corrected chi connectivity index (χ2v) is 3.29. The van der Waals surface area contributed by atoms with E-state index in [1.54, 1.807) is 0 Å². The average Bonchev–Trinajstić information content (AvgIpc) is 2.34. The molecular formula is C8H17N2Rb. The maximum absolute atomic E-state index is 4.28. The molecule has 0 saturated carbocycles. The van der Waals surface area contributed by atoms with Gasteiger partial charge in [0.05, 0.1) is 0 Å². The van der Waals surface area contributed by atoms with Crippen molar-refractivity contribution in [3.05, 3.63) is 5.32 Å². The number of hydrogen-bond donors (Lipinski definition) is 0. The quantitative estimate of drug-likeness (QED) is 0.559. The van der Waals surface area contributed by atoms with Gasteiger partial charge in [-0.1, -0.05) is 6.42 Å². The first-order chi connectivity index (χ1) is 4.74. The summed E-state index contributed by atoms with van der Waals surface area (Å²) in [7, 11) is 1.93. The Morgan fingerprint density at radius 2 is 2.09 bits per heavy atom. The molecule has 1 aliphatic heterocycles. The van der Waals surface area contributed by atoms with Gasteiger partial charge in [0.2, 0.25) is 0 Å². The zero-order valence-corrected chi connectivity index (χ0v) is 13.1. The Morgan fingerprint density at radius 3 is 2.36 bits per heavy atom. The standard InChI is InChI=1S/C8H17N2.Rb/c1-7(2)10-5-4-8(6-10)9-3;/h7-8H,4-6H2,1-3H3;/q-1;+1. The van der Waals surface area contributed by atoms with Crippen molar-refractivity contribution in [1.82, 2.24) is 4.90 Å². The molecule has 1 atom stereocenters. The summed E-state index contributed by atoms with van der Waals surface area (Å²) in [6.45, 7) is 6.91. The Kier molecular flexibility index (Phi) is 7.20. The fourth-order valence-electron chi connectivity index (χ4n) is 1.45. The van der Waals surface area contributed by atoms with E-state index in [-0.39, 0.29) is 58.2 Å². The molecule has 1 heterocycles. The zero-order valence-electron chi connectivity index (χ0n) is 8.17. The summed E-state index contributed by atoms with van der Waals surface area (Å²) < 4.78 is 0. The second kappa shape index (κ2) is 6.22. The Balaban J connectivity index is 0.000001000. The van der Waals surface area contributed by atoms with Crippen LogP contribution in [0.1, 0.15) is 20.3 Å². The molecule has 0 aromatic carbocycles. The van der Waals surface area contributed by atoms with Gasteiger partial charge in [0, 0.05) is 6.04 Å². The van der Waals surface area contributed by atoms with Crippen molar-refractivity contribution in [2.75, 3.05) is 20.1 Å². The molecule has 1 aliphatic rings. The molecule has 0 aliphatic carbocycles. The molecule has 1 unspecified atom stereocenters.